The lowest BCUT2D eigenvalue weighted by Gasteiger charge is -2.18. The minimum absolute atomic E-state index is 0.00470. The second-order valence-corrected chi connectivity index (χ2v) is 7.02. The van der Waals surface area contributed by atoms with Crippen molar-refractivity contribution in [2.45, 2.75) is 59.1 Å². The van der Waals surface area contributed by atoms with Crippen molar-refractivity contribution in [1.29, 1.82) is 0 Å². The van der Waals surface area contributed by atoms with Gasteiger partial charge in [-0.15, -0.1) is 0 Å². The molecular formula is C22H31NO9. The molecule has 10 heteroatoms. The van der Waals surface area contributed by atoms with E-state index in [0.717, 1.165) is 12.8 Å². The summed E-state index contributed by atoms with van der Waals surface area (Å²) in [5.41, 5.74) is 0.619. The van der Waals surface area contributed by atoms with Crippen LogP contribution in [0.4, 0.5) is 4.79 Å². The molecule has 0 fully saturated rings. The summed E-state index contributed by atoms with van der Waals surface area (Å²) in [4.78, 5) is 46.4. The summed E-state index contributed by atoms with van der Waals surface area (Å²) < 4.78 is 25.1. The Hall–Kier alpha value is -3.14. The maximum atomic E-state index is 12.2. The first-order valence-corrected chi connectivity index (χ1v) is 10.3. The Kier molecular flexibility index (Phi) is 11.8. The number of ether oxygens (including phenoxy) is 5. The molecule has 1 rings (SSSR count). The molecule has 0 aromatic heterocycles. The number of benzene rings is 1. The topological polar surface area (TPSA) is 126 Å². The quantitative estimate of drug-likeness (QED) is 0.286. The van der Waals surface area contributed by atoms with Gasteiger partial charge >= 0.3 is 24.1 Å². The number of carbonyl (C=O) groups excluding carboxylic acids is 4. The largest absolute Gasteiger partial charge is 0.508 e. The van der Waals surface area contributed by atoms with Crippen LogP contribution in [0.2, 0.25) is 0 Å². The van der Waals surface area contributed by atoms with E-state index in [1.807, 2.05) is 6.92 Å². The number of rotatable bonds is 12. The summed E-state index contributed by atoms with van der Waals surface area (Å²) >= 11 is 0. The summed E-state index contributed by atoms with van der Waals surface area (Å²) in [6.45, 7) is 6.39. The van der Waals surface area contributed by atoms with Gasteiger partial charge in [0.05, 0.1) is 7.11 Å². The molecule has 10 nitrogen and oxygen atoms in total. The van der Waals surface area contributed by atoms with Crippen LogP contribution in [0.3, 0.4) is 0 Å². The lowest BCUT2D eigenvalue weighted by molar-refractivity contribution is -0.143. The second-order valence-electron chi connectivity index (χ2n) is 7.02. The monoisotopic (exact) mass is 453 g/mol. The van der Waals surface area contributed by atoms with E-state index in [2.05, 4.69) is 5.32 Å². The van der Waals surface area contributed by atoms with Crippen molar-refractivity contribution in [3.63, 3.8) is 0 Å². The first kappa shape index (κ1) is 26.9. The molecular weight excluding hydrogens is 422 g/mol. The molecule has 2 atom stereocenters. The lowest BCUT2D eigenvalue weighted by Crippen LogP contribution is -2.41. The Morgan fingerprint density at radius 2 is 1.69 bits per heavy atom. The van der Waals surface area contributed by atoms with Crippen molar-refractivity contribution in [3.8, 4) is 11.5 Å². The zero-order valence-electron chi connectivity index (χ0n) is 19.1. The van der Waals surface area contributed by atoms with Gasteiger partial charge in [0.15, 0.2) is 11.5 Å². The van der Waals surface area contributed by atoms with Crippen LogP contribution in [0.5, 0.6) is 11.5 Å². The fraction of sp³-hybridized carbons (Fsp3) is 0.545. The van der Waals surface area contributed by atoms with Crippen LogP contribution in [-0.4, -0.2) is 56.5 Å². The highest BCUT2D eigenvalue weighted by Gasteiger charge is 2.21. The Labute approximate surface area is 187 Å². The Morgan fingerprint density at radius 1 is 1.03 bits per heavy atom. The third-order valence-corrected chi connectivity index (χ3v) is 4.15. The molecule has 1 N–H and O–H groups in total. The average Bonchev–Trinajstić information content (AvgIpc) is 2.70. The van der Waals surface area contributed by atoms with Crippen LogP contribution in [0.25, 0.3) is 0 Å². The maximum absolute atomic E-state index is 12.2. The first-order valence-electron chi connectivity index (χ1n) is 10.3. The molecule has 0 aliphatic rings. The molecule has 0 spiro atoms. The van der Waals surface area contributed by atoms with E-state index in [4.69, 9.17) is 23.7 Å². The summed E-state index contributed by atoms with van der Waals surface area (Å²) in [6.07, 6.45) is 0.805. The number of esters is 3. The molecule has 1 aromatic carbocycles. The van der Waals surface area contributed by atoms with E-state index >= 15 is 0 Å². The number of hydrogen-bond acceptors (Lipinski definition) is 10. The molecule has 0 bridgehead atoms. The van der Waals surface area contributed by atoms with Crippen molar-refractivity contribution in [1.82, 2.24) is 5.32 Å². The molecule has 0 aliphatic heterocycles. The van der Waals surface area contributed by atoms with Crippen LogP contribution in [-0.2, 0) is 35.0 Å². The smallest absolute Gasteiger partial charge is 0.468 e. The molecule has 0 amide bonds. The van der Waals surface area contributed by atoms with Crippen molar-refractivity contribution in [2.75, 3.05) is 20.3 Å². The van der Waals surface area contributed by atoms with Gasteiger partial charge in [-0.2, -0.15) is 0 Å². The highest BCUT2D eigenvalue weighted by molar-refractivity contribution is 5.76. The van der Waals surface area contributed by atoms with Gasteiger partial charge in [0.2, 0.25) is 0 Å². The lowest BCUT2D eigenvalue weighted by atomic mass is 10.1. The highest BCUT2D eigenvalue weighted by Crippen LogP contribution is 2.29. The number of carbonyl (C=O) groups is 4. The standard InChI is InChI=1S/C22H31NO9/c1-6-7-14(2)30-22(27)29-11-10-23-18(21(26)28-5)12-17-8-9-19(31-15(3)24)20(13-17)32-16(4)25/h8-9,13-14,18,23H,6-7,10-12H2,1-5H3/t14?,18-/m0/s1. The summed E-state index contributed by atoms with van der Waals surface area (Å²) in [5.74, 6) is -1.54. The van der Waals surface area contributed by atoms with Gasteiger partial charge in [0.25, 0.3) is 0 Å². The van der Waals surface area contributed by atoms with Crippen molar-refractivity contribution in [2.24, 2.45) is 0 Å². The van der Waals surface area contributed by atoms with Gasteiger partial charge in [-0.25, -0.2) is 4.79 Å². The SMILES string of the molecule is CCCC(C)OC(=O)OCCN[C@@H](Cc1ccc(OC(C)=O)c(OC(C)=O)c1)C(=O)OC. The van der Waals surface area contributed by atoms with E-state index < -0.39 is 30.1 Å². The van der Waals surface area contributed by atoms with Gasteiger partial charge in [-0.3, -0.25) is 14.4 Å². The molecule has 0 saturated heterocycles. The summed E-state index contributed by atoms with van der Waals surface area (Å²) in [6, 6.07) is 3.84. The molecule has 1 unspecified atom stereocenters. The third kappa shape index (κ3) is 10.3. The molecule has 0 radical (unpaired) electrons. The van der Waals surface area contributed by atoms with Crippen LogP contribution in [0, 0.1) is 0 Å². The fourth-order valence-corrected chi connectivity index (χ4v) is 2.80. The van der Waals surface area contributed by atoms with Crippen molar-refractivity contribution in [3.05, 3.63) is 23.8 Å². The molecule has 0 aliphatic carbocycles. The fourth-order valence-electron chi connectivity index (χ4n) is 2.80. The predicted octanol–water partition coefficient (Wildman–Crippen LogP) is 2.55. The molecule has 178 valence electrons. The Morgan fingerprint density at radius 3 is 2.28 bits per heavy atom. The van der Waals surface area contributed by atoms with Crippen LogP contribution >= 0.6 is 0 Å². The number of nitrogens with one attached hydrogen (secondary N) is 1. The maximum Gasteiger partial charge on any atom is 0.508 e. The second kappa shape index (κ2) is 14.0. The molecule has 1 aromatic rings. The normalized spacial score (nSPS) is 12.3. The van der Waals surface area contributed by atoms with Crippen LogP contribution in [0.15, 0.2) is 18.2 Å². The zero-order chi connectivity index (χ0) is 24.1. The van der Waals surface area contributed by atoms with Gasteiger partial charge in [-0.1, -0.05) is 19.4 Å². The van der Waals surface area contributed by atoms with Crippen LogP contribution in [0.1, 0.15) is 46.1 Å². The number of methoxy groups -OCH3 is 1. The number of hydrogen-bond donors (Lipinski definition) is 1. The summed E-state index contributed by atoms with van der Waals surface area (Å²) in [7, 11) is 1.26. The van der Waals surface area contributed by atoms with Crippen molar-refractivity contribution < 1.29 is 42.9 Å². The zero-order valence-corrected chi connectivity index (χ0v) is 19.1. The van der Waals surface area contributed by atoms with E-state index in [-0.39, 0.29) is 37.2 Å². The average molecular weight is 453 g/mol. The molecule has 0 heterocycles. The van der Waals surface area contributed by atoms with E-state index in [1.54, 1.807) is 13.0 Å². The van der Waals surface area contributed by atoms with Crippen molar-refractivity contribution >= 4 is 24.1 Å². The molecule has 0 saturated carbocycles. The predicted molar refractivity (Wildman–Crippen MR) is 113 cm³/mol. The van der Waals surface area contributed by atoms with E-state index in [9.17, 15) is 19.2 Å². The first-order chi connectivity index (χ1) is 15.2. The van der Waals surface area contributed by atoms with E-state index in [0.29, 0.717) is 5.56 Å². The molecule has 32 heavy (non-hydrogen) atoms. The minimum atomic E-state index is -0.769. The van der Waals surface area contributed by atoms with Gasteiger partial charge < -0.3 is 29.0 Å². The van der Waals surface area contributed by atoms with Gasteiger partial charge in [0, 0.05) is 20.4 Å². The van der Waals surface area contributed by atoms with Gasteiger partial charge in [0.1, 0.15) is 18.8 Å². The highest BCUT2D eigenvalue weighted by atomic mass is 16.7. The third-order valence-electron chi connectivity index (χ3n) is 4.15. The summed E-state index contributed by atoms with van der Waals surface area (Å²) in [5, 5.41) is 2.96. The Balaban J connectivity index is 2.74. The minimum Gasteiger partial charge on any atom is -0.468 e. The Bertz CT molecular complexity index is 794. The van der Waals surface area contributed by atoms with Crippen LogP contribution < -0.4 is 14.8 Å². The van der Waals surface area contributed by atoms with Gasteiger partial charge in [-0.05, 0) is 37.5 Å². The van der Waals surface area contributed by atoms with E-state index in [1.165, 1.54) is 33.1 Å².